The van der Waals surface area contributed by atoms with Crippen molar-refractivity contribution in [3.8, 4) is 0 Å². The number of hydrogen-bond donors (Lipinski definition) is 0. The maximum Gasteiger partial charge on any atom is 0.102 e. The SMILES string of the molecule is FCCN1C[C@H]2CCCC[C@H]21. The molecule has 0 amide bonds. The van der Waals surface area contributed by atoms with E-state index in [2.05, 4.69) is 4.90 Å². The van der Waals surface area contributed by atoms with Crippen LogP contribution in [-0.2, 0) is 0 Å². The molecule has 0 aromatic heterocycles. The summed E-state index contributed by atoms with van der Waals surface area (Å²) in [5, 5.41) is 0. The Bertz CT molecular complexity index is 138. The summed E-state index contributed by atoms with van der Waals surface area (Å²) in [7, 11) is 0. The molecule has 0 spiro atoms. The first-order valence-electron chi connectivity index (χ1n) is 4.72. The Morgan fingerprint density at radius 1 is 1.27 bits per heavy atom. The zero-order valence-corrected chi connectivity index (χ0v) is 6.93. The molecule has 64 valence electrons. The molecule has 2 heteroatoms. The molecule has 2 aliphatic rings. The van der Waals surface area contributed by atoms with Crippen LogP contribution in [0.4, 0.5) is 4.39 Å². The fraction of sp³-hybridized carbons (Fsp3) is 1.00. The van der Waals surface area contributed by atoms with Gasteiger partial charge in [-0.1, -0.05) is 12.8 Å². The van der Waals surface area contributed by atoms with Crippen LogP contribution in [0.3, 0.4) is 0 Å². The van der Waals surface area contributed by atoms with Crippen molar-refractivity contribution in [2.24, 2.45) is 5.92 Å². The fourth-order valence-corrected chi connectivity index (χ4v) is 2.55. The number of nitrogens with zero attached hydrogens (tertiary/aromatic N) is 1. The van der Waals surface area contributed by atoms with E-state index in [4.69, 9.17) is 0 Å². The number of hydrogen-bond acceptors (Lipinski definition) is 1. The number of fused-ring (bicyclic) bond motifs is 1. The maximum atomic E-state index is 12.0. The van der Waals surface area contributed by atoms with E-state index >= 15 is 0 Å². The Hall–Kier alpha value is -0.110. The number of halogens is 1. The Labute approximate surface area is 67.6 Å². The Balaban J connectivity index is 1.81. The van der Waals surface area contributed by atoms with E-state index < -0.39 is 0 Å². The van der Waals surface area contributed by atoms with Crippen LogP contribution in [0, 0.1) is 5.92 Å². The summed E-state index contributed by atoms with van der Waals surface area (Å²) in [6.07, 6.45) is 5.49. The van der Waals surface area contributed by atoms with Crippen LogP contribution in [0.25, 0.3) is 0 Å². The summed E-state index contributed by atoms with van der Waals surface area (Å²) in [6, 6.07) is 0.763. The molecule has 0 bridgehead atoms. The lowest BCUT2D eigenvalue weighted by Crippen LogP contribution is -2.57. The zero-order valence-electron chi connectivity index (χ0n) is 6.93. The molecule has 0 aromatic rings. The molecule has 1 aliphatic carbocycles. The van der Waals surface area contributed by atoms with E-state index in [0.29, 0.717) is 6.54 Å². The summed E-state index contributed by atoms with van der Waals surface area (Å²) >= 11 is 0. The maximum absolute atomic E-state index is 12.0. The molecule has 0 N–H and O–H groups in total. The molecule has 11 heavy (non-hydrogen) atoms. The molecule has 1 saturated carbocycles. The third-order valence-corrected chi connectivity index (χ3v) is 3.18. The predicted octanol–water partition coefficient (Wildman–Crippen LogP) is 1.83. The quantitative estimate of drug-likeness (QED) is 0.591. The van der Waals surface area contributed by atoms with Gasteiger partial charge in [0.1, 0.15) is 6.67 Å². The van der Waals surface area contributed by atoms with Crippen LogP contribution < -0.4 is 0 Å². The van der Waals surface area contributed by atoms with Gasteiger partial charge in [-0.05, 0) is 18.8 Å². The van der Waals surface area contributed by atoms with Crippen molar-refractivity contribution < 1.29 is 4.39 Å². The van der Waals surface area contributed by atoms with Crippen molar-refractivity contribution in [3.63, 3.8) is 0 Å². The largest absolute Gasteiger partial charge is 0.297 e. The molecule has 1 heterocycles. The molecule has 2 fully saturated rings. The lowest BCUT2D eigenvalue weighted by Gasteiger charge is -2.50. The van der Waals surface area contributed by atoms with E-state index in [1.165, 1.54) is 32.2 Å². The summed E-state index contributed by atoms with van der Waals surface area (Å²) in [5.74, 6) is 0.926. The van der Waals surface area contributed by atoms with Crippen molar-refractivity contribution in [3.05, 3.63) is 0 Å². The minimum absolute atomic E-state index is 0.163. The topological polar surface area (TPSA) is 3.24 Å². The molecule has 1 saturated heterocycles. The van der Waals surface area contributed by atoms with E-state index in [0.717, 1.165) is 12.0 Å². The van der Waals surface area contributed by atoms with Crippen LogP contribution in [-0.4, -0.2) is 30.7 Å². The van der Waals surface area contributed by atoms with Gasteiger partial charge in [0.2, 0.25) is 0 Å². The number of alkyl halides is 1. The highest BCUT2D eigenvalue weighted by Crippen LogP contribution is 2.36. The molecule has 0 radical (unpaired) electrons. The molecule has 2 atom stereocenters. The normalized spacial score (nSPS) is 37.9. The predicted molar refractivity (Wildman–Crippen MR) is 43.3 cm³/mol. The van der Waals surface area contributed by atoms with Gasteiger partial charge < -0.3 is 0 Å². The van der Waals surface area contributed by atoms with E-state index in [1.54, 1.807) is 0 Å². The average molecular weight is 157 g/mol. The Kier molecular flexibility index (Phi) is 2.12. The van der Waals surface area contributed by atoms with Gasteiger partial charge in [0.05, 0.1) is 0 Å². The van der Waals surface area contributed by atoms with Gasteiger partial charge in [0.15, 0.2) is 0 Å². The van der Waals surface area contributed by atoms with Crippen molar-refractivity contribution in [1.82, 2.24) is 4.90 Å². The zero-order chi connectivity index (χ0) is 7.68. The van der Waals surface area contributed by atoms with Gasteiger partial charge >= 0.3 is 0 Å². The second-order valence-corrected chi connectivity index (χ2v) is 3.80. The van der Waals surface area contributed by atoms with Crippen molar-refractivity contribution in [1.29, 1.82) is 0 Å². The highest BCUT2D eigenvalue weighted by atomic mass is 19.1. The first-order valence-corrected chi connectivity index (χ1v) is 4.72. The van der Waals surface area contributed by atoms with Gasteiger partial charge in [-0.25, -0.2) is 4.39 Å². The first kappa shape index (κ1) is 7.53. The highest BCUT2D eigenvalue weighted by Gasteiger charge is 2.39. The summed E-state index contributed by atoms with van der Waals surface area (Å²) in [6.45, 7) is 1.69. The molecular formula is C9H16FN. The fourth-order valence-electron chi connectivity index (χ4n) is 2.55. The summed E-state index contributed by atoms with van der Waals surface area (Å²) in [4.78, 5) is 2.31. The van der Waals surface area contributed by atoms with Gasteiger partial charge in [0.25, 0.3) is 0 Å². The van der Waals surface area contributed by atoms with E-state index in [-0.39, 0.29) is 6.67 Å². The summed E-state index contributed by atoms with van der Waals surface area (Å²) < 4.78 is 12.0. The third-order valence-electron chi connectivity index (χ3n) is 3.18. The highest BCUT2D eigenvalue weighted by molar-refractivity contribution is 4.93. The standard InChI is InChI=1S/C9H16FN/c10-5-6-11-7-8-3-1-2-4-9(8)11/h8-9H,1-7H2/t8-,9-/m1/s1. The second-order valence-electron chi connectivity index (χ2n) is 3.80. The smallest absolute Gasteiger partial charge is 0.102 e. The Morgan fingerprint density at radius 3 is 2.82 bits per heavy atom. The third kappa shape index (κ3) is 1.28. The molecular weight excluding hydrogens is 141 g/mol. The van der Waals surface area contributed by atoms with Gasteiger partial charge in [-0.3, -0.25) is 4.90 Å². The van der Waals surface area contributed by atoms with Gasteiger partial charge in [-0.15, -0.1) is 0 Å². The first-order chi connectivity index (χ1) is 5.42. The van der Waals surface area contributed by atoms with Crippen LogP contribution in [0.15, 0.2) is 0 Å². The van der Waals surface area contributed by atoms with Crippen molar-refractivity contribution in [2.45, 2.75) is 31.7 Å². The minimum Gasteiger partial charge on any atom is -0.297 e. The van der Waals surface area contributed by atoms with Crippen LogP contribution in [0.1, 0.15) is 25.7 Å². The molecule has 1 nitrogen and oxygen atoms in total. The molecule has 2 rings (SSSR count). The Morgan fingerprint density at radius 2 is 2.09 bits per heavy atom. The minimum atomic E-state index is -0.163. The number of rotatable bonds is 2. The van der Waals surface area contributed by atoms with Crippen molar-refractivity contribution in [2.75, 3.05) is 19.8 Å². The second kappa shape index (κ2) is 3.10. The monoisotopic (exact) mass is 157 g/mol. The number of likely N-dealkylation sites (tertiary alicyclic amines) is 1. The van der Waals surface area contributed by atoms with Crippen LogP contribution in [0.5, 0.6) is 0 Å². The molecule has 0 unspecified atom stereocenters. The van der Waals surface area contributed by atoms with Gasteiger partial charge in [0, 0.05) is 19.1 Å². The average Bonchev–Trinajstić information content (AvgIpc) is 2.01. The summed E-state index contributed by atoms with van der Waals surface area (Å²) in [5.41, 5.74) is 0. The lowest BCUT2D eigenvalue weighted by atomic mass is 9.77. The molecule has 0 aromatic carbocycles. The van der Waals surface area contributed by atoms with E-state index in [9.17, 15) is 4.39 Å². The van der Waals surface area contributed by atoms with Crippen LogP contribution in [0.2, 0.25) is 0 Å². The lowest BCUT2D eigenvalue weighted by molar-refractivity contribution is -0.0172. The molecule has 1 aliphatic heterocycles. The van der Waals surface area contributed by atoms with Crippen molar-refractivity contribution >= 4 is 0 Å². The van der Waals surface area contributed by atoms with E-state index in [1.807, 2.05) is 0 Å². The van der Waals surface area contributed by atoms with Gasteiger partial charge in [-0.2, -0.15) is 0 Å². The van der Waals surface area contributed by atoms with Crippen LogP contribution >= 0.6 is 0 Å².